The van der Waals surface area contributed by atoms with E-state index in [0.717, 1.165) is 41.4 Å². The zero-order valence-electron chi connectivity index (χ0n) is 17.4. The second-order valence-corrected chi connectivity index (χ2v) is 7.49. The van der Waals surface area contributed by atoms with E-state index in [4.69, 9.17) is 4.98 Å². The van der Waals surface area contributed by atoms with Crippen LogP contribution in [-0.4, -0.2) is 45.4 Å². The fourth-order valence-corrected chi connectivity index (χ4v) is 3.91. The Kier molecular flexibility index (Phi) is 5.09. The van der Waals surface area contributed by atoms with Gasteiger partial charge in [0.2, 0.25) is 0 Å². The fraction of sp³-hybridized carbons (Fsp3) is 0.208. The van der Waals surface area contributed by atoms with E-state index in [1.54, 1.807) is 6.20 Å². The number of fused-ring (bicyclic) bond motifs is 2. The lowest BCUT2D eigenvalue weighted by atomic mass is 10.0. The minimum absolute atomic E-state index is 0.136. The largest absolute Gasteiger partial charge is 0.395 e. The molecule has 0 bridgehead atoms. The Hall–Kier alpha value is -3.71. The number of nitrogens with one attached hydrogen (secondary N) is 1. The Labute approximate surface area is 180 Å². The van der Waals surface area contributed by atoms with Crippen LogP contribution >= 0.6 is 0 Å². The summed E-state index contributed by atoms with van der Waals surface area (Å²) in [5, 5.41) is 12.7. The van der Waals surface area contributed by atoms with Gasteiger partial charge in [0.15, 0.2) is 11.5 Å². The van der Waals surface area contributed by atoms with Gasteiger partial charge in [-0.25, -0.2) is 9.97 Å². The molecule has 0 unspecified atom stereocenters. The van der Waals surface area contributed by atoms with Crippen LogP contribution in [0.5, 0.6) is 0 Å². The van der Waals surface area contributed by atoms with Crippen LogP contribution in [0.15, 0.2) is 66.0 Å². The molecule has 0 spiro atoms. The molecule has 0 aliphatic carbocycles. The van der Waals surface area contributed by atoms with Gasteiger partial charge in [0.25, 0.3) is 0 Å². The Balaban J connectivity index is 1.47. The number of rotatable bonds is 7. The number of aliphatic imine (C=N–C) groups is 1. The van der Waals surface area contributed by atoms with Crippen LogP contribution in [0, 0.1) is 0 Å². The lowest BCUT2D eigenvalue weighted by Crippen LogP contribution is -2.25. The number of hydrogen-bond acceptors (Lipinski definition) is 6. The summed E-state index contributed by atoms with van der Waals surface area (Å²) in [7, 11) is 0. The van der Waals surface area contributed by atoms with E-state index in [9.17, 15) is 5.11 Å². The summed E-state index contributed by atoms with van der Waals surface area (Å²) in [5.74, 6) is 0.703. The summed E-state index contributed by atoms with van der Waals surface area (Å²) in [6.07, 6.45) is 7.63. The van der Waals surface area contributed by atoms with E-state index in [2.05, 4.69) is 57.4 Å². The summed E-state index contributed by atoms with van der Waals surface area (Å²) in [6.45, 7) is 4.40. The third-order valence-electron chi connectivity index (χ3n) is 5.55. The quantitative estimate of drug-likeness (QED) is 0.482. The lowest BCUT2D eigenvalue weighted by Gasteiger charge is -2.22. The van der Waals surface area contributed by atoms with Crippen molar-refractivity contribution in [2.75, 3.05) is 29.9 Å². The van der Waals surface area contributed by atoms with Crippen LogP contribution in [0.25, 0.3) is 16.9 Å². The minimum Gasteiger partial charge on any atom is -0.395 e. The smallest absolute Gasteiger partial charge is 0.180 e. The number of benzene rings is 2. The van der Waals surface area contributed by atoms with Gasteiger partial charge in [0.05, 0.1) is 18.8 Å². The highest BCUT2D eigenvalue weighted by atomic mass is 16.3. The van der Waals surface area contributed by atoms with E-state index in [1.165, 1.54) is 11.1 Å². The molecule has 3 heterocycles. The van der Waals surface area contributed by atoms with Crippen molar-refractivity contribution in [2.45, 2.75) is 13.5 Å². The number of anilines is 3. The molecule has 5 rings (SSSR count). The Morgan fingerprint density at radius 2 is 2.03 bits per heavy atom. The molecule has 7 nitrogen and oxygen atoms in total. The molecule has 2 aromatic carbocycles. The van der Waals surface area contributed by atoms with E-state index >= 15 is 0 Å². The molecule has 1 aliphatic rings. The number of aromatic nitrogens is 3. The summed E-state index contributed by atoms with van der Waals surface area (Å²) in [5.41, 5.74) is 7.11. The number of likely N-dealkylation sites (N-methyl/N-ethyl adjacent to an activating group) is 1. The van der Waals surface area contributed by atoms with Gasteiger partial charge in [0.1, 0.15) is 0 Å². The zero-order valence-corrected chi connectivity index (χ0v) is 17.4. The molecule has 0 fully saturated rings. The van der Waals surface area contributed by atoms with Crippen molar-refractivity contribution in [2.24, 2.45) is 4.99 Å². The molecule has 2 N–H and O–H groups in total. The van der Waals surface area contributed by atoms with Gasteiger partial charge in [-0.1, -0.05) is 12.1 Å². The average molecular weight is 412 g/mol. The molecule has 0 radical (unpaired) electrons. The monoisotopic (exact) mass is 412 g/mol. The molecule has 2 aromatic heterocycles. The van der Waals surface area contributed by atoms with Crippen LogP contribution in [-0.2, 0) is 6.54 Å². The molecule has 31 heavy (non-hydrogen) atoms. The molecule has 0 amide bonds. The van der Waals surface area contributed by atoms with E-state index in [1.807, 2.05) is 35.1 Å². The lowest BCUT2D eigenvalue weighted by molar-refractivity contribution is 0.302. The predicted molar refractivity (Wildman–Crippen MR) is 124 cm³/mol. The van der Waals surface area contributed by atoms with Gasteiger partial charge in [-0.2, -0.15) is 0 Å². The summed E-state index contributed by atoms with van der Waals surface area (Å²) < 4.78 is 1.99. The van der Waals surface area contributed by atoms with Crippen LogP contribution in [0.2, 0.25) is 0 Å². The maximum absolute atomic E-state index is 9.25. The Morgan fingerprint density at radius 3 is 2.84 bits per heavy atom. The van der Waals surface area contributed by atoms with Gasteiger partial charge >= 0.3 is 0 Å². The third-order valence-corrected chi connectivity index (χ3v) is 5.55. The summed E-state index contributed by atoms with van der Waals surface area (Å²) in [4.78, 5) is 15.8. The predicted octanol–water partition coefficient (Wildman–Crippen LogP) is 3.89. The first-order valence-electron chi connectivity index (χ1n) is 10.4. The zero-order chi connectivity index (χ0) is 21.2. The number of aliphatic hydroxyl groups excluding tert-OH is 1. The molecule has 0 atom stereocenters. The highest BCUT2D eigenvalue weighted by molar-refractivity contribution is 5.86. The normalized spacial score (nSPS) is 12.3. The maximum atomic E-state index is 9.25. The van der Waals surface area contributed by atoms with E-state index in [0.29, 0.717) is 12.4 Å². The van der Waals surface area contributed by atoms with Crippen molar-refractivity contribution >= 4 is 29.1 Å². The molecule has 4 aromatic rings. The first kappa shape index (κ1) is 19.3. The number of aliphatic hydroxyl groups is 1. The van der Waals surface area contributed by atoms with Crippen molar-refractivity contribution in [1.29, 1.82) is 0 Å². The Bertz CT molecular complexity index is 1240. The highest BCUT2D eigenvalue weighted by Crippen LogP contribution is 2.28. The highest BCUT2D eigenvalue weighted by Gasteiger charge is 2.13. The van der Waals surface area contributed by atoms with Gasteiger partial charge < -0.3 is 19.7 Å². The fourth-order valence-electron chi connectivity index (χ4n) is 3.91. The maximum Gasteiger partial charge on any atom is 0.180 e. The summed E-state index contributed by atoms with van der Waals surface area (Å²) >= 11 is 0. The number of imidazole rings is 1. The van der Waals surface area contributed by atoms with E-state index < -0.39 is 0 Å². The second kappa shape index (κ2) is 8.20. The van der Waals surface area contributed by atoms with Crippen LogP contribution in [0.3, 0.4) is 0 Å². The number of nitrogens with zero attached hydrogens (tertiary/aromatic N) is 5. The third kappa shape index (κ3) is 3.75. The molecular weight excluding hydrogens is 388 g/mol. The van der Waals surface area contributed by atoms with Gasteiger partial charge in [-0.05, 0) is 48.4 Å². The molecular formula is C24H24N6O. The molecule has 7 heteroatoms. The molecule has 0 saturated carbocycles. The SMILES string of the molecule is CCN(CCO)c1ccc(Nc2nc(-c3ccc4c(c3)CN=C4)cn3ccnc23)cc1. The van der Waals surface area contributed by atoms with Crippen molar-refractivity contribution in [1.82, 2.24) is 14.4 Å². The van der Waals surface area contributed by atoms with Gasteiger partial charge in [0, 0.05) is 54.8 Å². The molecule has 1 aliphatic heterocycles. The van der Waals surface area contributed by atoms with Crippen molar-refractivity contribution in [3.05, 3.63) is 72.2 Å². The minimum atomic E-state index is 0.136. The molecule has 156 valence electrons. The molecule has 0 saturated heterocycles. The van der Waals surface area contributed by atoms with Crippen LogP contribution in [0.1, 0.15) is 18.1 Å². The summed E-state index contributed by atoms with van der Waals surface area (Å²) in [6, 6.07) is 14.5. The van der Waals surface area contributed by atoms with Crippen molar-refractivity contribution in [3.63, 3.8) is 0 Å². The van der Waals surface area contributed by atoms with Gasteiger partial charge in [-0.15, -0.1) is 0 Å². The van der Waals surface area contributed by atoms with Crippen LogP contribution < -0.4 is 10.2 Å². The first-order chi connectivity index (χ1) is 15.2. The van der Waals surface area contributed by atoms with E-state index in [-0.39, 0.29) is 6.61 Å². The first-order valence-corrected chi connectivity index (χ1v) is 10.4. The standard InChI is InChI=1S/C24H24N6O/c1-2-29(11-12-31)21-7-5-20(6-8-21)27-23-24-26-9-10-30(24)16-22(28-23)17-3-4-18-14-25-15-19(18)13-17/h3-10,13-14,16,31H,2,11-12,15H2,1H3,(H,27,28). The van der Waals surface area contributed by atoms with Gasteiger partial charge in [-0.3, -0.25) is 4.99 Å². The van der Waals surface area contributed by atoms with Crippen LogP contribution in [0.4, 0.5) is 17.2 Å². The Morgan fingerprint density at radius 1 is 1.16 bits per heavy atom. The second-order valence-electron chi connectivity index (χ2n) is 7.49. The topological polar surface area (TPSA) is 78.0 Å². The van der Waals surface area contributed by atoms with Crippen molar-refractivity contribution in [3.8, 4) is 11.3 Å². The number of hydrogen-bond donors (Lipinski definition) is 2. The van der Waals surface area contributed by atoms with Crippen molar-refractivity contribution < 1.29 is 5.11 Å². The average Bonchev–Trinajstić information content (AvgIpc) is 3.47.